The number of benzene rings is 2. The van der Waals surface area contributed by atoms with Crippen LogP contribution in [0.25, 0.3) is 0 Å². The van der Waals surface area contributed by atoms with Gasteiger partial charge in [-0.05, 0) is 11.1 Å². The molecule has 6 heteroatoms. The summed E-state index contributed by atoms with van der Waals surface area (Å²) in [5, 5.41) is 13.7. The number of carbonyl (C=O) groups excluding carboxylic acids is 1. The first-order valence-corrected chi connectivity index (χ1v) is 7.23. The fraction of sp³-hybridized carbons (Fsp3) is 0.235. The lowest BCUT2D eigenvalue weighted by atomic mass is 10.0. The van der Waals surface area contributed by atoms with E-state index in [1.54, 1.807) is 24.3 Å². The molecule has 0 heterocycles. The van der Waals surface area contributed by atoms with E-state index in [0.717, 1.165) is 5.56 Å². The maximum Gasteiger partial charge on any atom is 0.408 e. The summed E-state index contributed by atoms with van der Waals surface area (Å²) in [5.41, 5.74) is 1.51. The largest absolute Gasteiger partial charge is 0.445 e. The summed E-state index contributed by atoms with van der Waals surface area (Å²) in [6, 6.07) is 16.3. The number of alkyl carbamates (subject to hydrolysis) is 1. The van der Waals surface area contributed by atoms with Gasteiger partial charge in [-0.3, -0.25) is 10.1 Å². The minimum Gasteiger partial charge on any atom is -0.445 e. The lowest BCUT2D eigenvalue weighted by Crippen LogP contribution is -2.38. The number of hydrogen-bond donors (Lipinski definition) is 1. The molecular formula is C17H18N2O4. The summed E-state index contributed by atoms with van der Waals surface area (Å²) in [4.78, 5) is 22.6. The van der Waals surface area contributed by atoms with Crippen molar-refractivity contribution in [3.63, 3.8) is 0 Å². The topological polar surface area (TPSA) is 81.5 Å². The van der Waals surface area contributed by atoms with Gasteiger partial charge >= 0.3 is 6.09 Å². The maximum atomic E-state index is 12.0. The van der Waals surface area contributed by atoms with Gasteiger partial charge in [-0.15, -0.1) is 0 Å². The first kappa shape index (κ1) is 16.5. The highest BCUT2D eigenvalue weighted by atomic mass is 16.6. The molecule has 0 aliphatic heterocycles. The molecule has 120 valence electrons. The van der Waals surface area contributed by atoms with Crippen LogP contribution in [0.3, 0.4) is 0 Å². The van der Waals surface area contributed by atoms with Crippen molar-refractivity contribution in [2.45, 2.75) is 25.6 Å². The quantitative estimate of drug-likeness (QED) is 0.655. The van der Waals surface area contributed by atoms with Crippen LogP contribution in [0.2, 0.25) is 0 Å². The monoisotopic (exact) mass is 314 g/mol. The van der Waals surface area contributed by atoms with Crippen LogP contribution in [-0.4, -0.2) is 17.1 Å². The smallest absolute Gasteiger partial charge is 0.408 e. The molecule has 0 fully saturated rings. The minimum atomic E-state index is -0.971. The van der Waals surface area contributed by atoms with E-state index >= 15 is 0 Å². The van der Waals surface area contributed by atoms with E-state index in [1.165, 1.54) is 6.92 Å². The third-order valence-corrected chi connectivity index (χ3v) is 3.46. The van der Waals surface area contributed by atoms with E-state index in [9.17, 15) is 14.9 Å². The Kier molecular flexibility index (Phi) is 5.68. The maximum absolute atomic E-state index is 12.0. The zero-order valence-corrected chi connectivity index (χ0v) is 12.7. The van der Waals surface area contributed by atoms with E-state index in [-0.39, 0.29) is 6.61 Å². The van der Waals surface area contributed by atoms with E-state index < -0.39 is 23.1 Å². The highest BCUT2D eigenvalue weighted by molar-refractivity contribution is 5.68. The lowest BCUT2D eigenvalue weighted by molar-refractivity contribution is -0.523. The molecule has 0 bridgehead atoms. The molecule has 2 atom stereocenters. The minimum absolute atomic E-state index is 0.112. The third-order valence-electron chi connectivity index (χ3n) is 3.46. The van der Waals surface area contributed by atoms with Crippen molar-refractivity contribution in [1.82, 2.24) is 5.32 Å². The van der Waals surface area contributed by atoms with Crippen LogP contribution in [-0.2, 0) is 11.3 Å². The van der Waals surface area contributed by atoms with Crippen molar-refractivity contribution in [3.05, 3.63) is 81.9 Å². The Bertz CT molecular complexity index is 646. The van der Waals surface area contributed by atoms with E-state index in [1.807, 2.05) is 36.4 Å². The van der Waals surface area contributed by atoms with Gasteiger partial charge in [-0.25, -0.2) is 4.79 Å². The number of nitrogens with zero attached hydrogens (tertiary/aromatic N) is 1. The van der Waals surface area contributed by atoms with Crippen LogP contribution in [0.1, 0.15) is 24.1 Å². The number of nitro groups is 1. The number of carbonyl (C=O) groups is 1. The highest BCUT2D eigenvalue weighted by Crippen LogP contribution is 2.19. The Morgan fingerprint density at radius 1 is 1.13 bits per heavy atom. The van der Waals surface area contributed by atoms with Gasteiger partial charge in [0.15, 0.2) is 0 Å². The molecule has 0 unspecified atom stereocenters. The van der Waals surface area contributed by atoms with E-state index in [2.05, 4.69) is 5.32 Å². The summed E-state index contributed by atoms with van der Waals surface area (Å²) in [7, 11) is 0. The van der Waals surface area contributed by atoms with Crippen molar-refractivity contribution >= 4 is 6.09 Å². The number of ether oxygens (including phenoxy) is 1. The summed E-state index contributed by atoms with van der Waals surface area (Å²) in [6.45, 7) is 1.57. The van der Waals surface area contributed by atoms with Crippen LogP contribution in [0, 0.1) is 10.1 Å². The molecule has 0 aromatic heterocycles. The molecule has 2 rings (SSSR count). The molecule has 2 aromatic rings. The predicted molar refractivity (Wildman–Crippen MR) is 85.4 cm³/mol. The SMILES string of the molecule is C[C@@H]([C@H](NC(=O)OCc1ccccc1)c1ccccc1)[N+](=O)[O-]. The molecule has 0 radical (unpaired) electrons. The Morgan fingerprint density at radius 2 is 1.70 bits per heavy atom. The van der Waals surface area contributed by atoms with Crippen LogP contribution in [0.15, 0.2) is 60.7 Å². The summed E-state index contributed by atoms with van der Waals surface area (Å²) in [5.74, 6) is 0. The van der Waals surface area contributed by atoms with E-state index in [0.29, 0.717) is 5.56 Å². The summed E-state index contributed by atoms with van der Waals surface area (Å²) >= 11 is 0. The molecule has 0 saturated heterocycles. The second-order valence-electron chi connectivity index (χ2n) is 5.12. The van der Waals surface area contributed by atoms with Crippen LogP contribution >= 0.6 is 0 Å². The lowest BCUT2D eigenvalue weighted by Gasteiger charge is -2.20. The standard InChI is InChI=1S/C17H18N2O4/c1-13(19(21)22)16(15-10-6-3-7-11-15)18-17(20)23-12-14-8-4-2-5-9-14/h2-11,13,16H,12H2,1H3,(H,18,20)/t13-,16-/m0/s1. The fourth-order valence-electron chi connectivity index (χ4n) is 2.16. The molecular weight excluding hydrogens is 296 g/mol. The summed E-state index contributed by atoms with van der Waals surface area (Å²) in [6.07, 6.45) is -0.684. The molecule has 0 aliphatic carbocycles. The summed E-state index contributed by atoms with van der Waals surface area (Å²) < 4.78 is 5.14. The molecule has 2 aromatic carbocycles. The average Bonchev–Trinajstić information content (AvgIpc) is 2.59. The zero-order valence-electron chi connectivity index (χ0n) is 12.7. The van der Waals surface area contributed by atoms with Crippen molar-refractivity contribution in [3.8, 4) is 0 Å². The van der Waals surface area contributed by atoms with Crippen molar-refractivity contribution in [1.29, 1.82) is 0 Å². The van der Waals surface area contributed by atoms with Gasteiger partial charge in [-0.2, -0.15) is 0 Å². The van der Waals surface area contributed by atoms with Gasteiger partial charge < -0.3 is 10.1 Å². The molecule has 6 nitrogen and oxygen atoms in total. The first-order chi connectivity index (χ1) is 11.1. The van der Waals surface area contributed by atoms with Crippen LogP contribution in [0.5, 0.6) is 0 Å². The van der Waals surface area contributed by atoms with Crippen molar-refractivity contribution in [2.75, 3.05) is 0 Å². The Hall–Kier alpha value is -2.89. The van der Waals surface area contributed by atoms with Crippen LogP contribution < -0.4 is 5.32 Å². The van der Waals surface area contributed by atoms with Gasteiger partial charge in [0.2, 0.25) is 6.04 Å². The fourth-order valence-corrected chi connectivity index (χ4v) is 2.16. The van der Waals surface area contributed by atoms with Gasteiger partial charge in [0.25, 0.3) is 0 Å². The first-order valence-electron chi connectivity index (χ1n) is 7.23. The molecule has 0 aliphatic rings. The number of amides is 1. The molecule has 1 amide bonds. The Balaban J connectivity index is 2.02. The van der Waals surface area contributed by atoms with Gasteiger partial charge in [0, 0.05) is 11.8 Å². The van der Waals surface area contributed by atoms with E-state index in [4.69, 9.17) is 4.74 Å². The number of nitrogens with one attached hydrogen (secondary N) is 1. The number of rotatable bonds is 6. The third kappa shape index (κ3) is 4.81. The Labute approximate surface area is 134 Å². The van der Waals surface area contributed by atoms with Gasteiger partial charge in [0.05, 0.1) is 0 Å². The second-order valence-corrected chi connectivity index (χ2v) is 5.12. The second kappa shape index (κ2) is 7.93. The van der Waals surface area contributed by atoms with Gasteiger partial charge in [-0.1, -0.05) is 60.7 Å². The van der Waals surface area contributed by atoms with Crippen LogP contribution in [0.4, 0.5) is 4.79 Å². The highest BCUT2D eigenvalue weighted by Gasteiger charge is 2.30. The normalized spacial score (nSPS) is 12.9. The molecule has 1 N–H and O–H groups in total. The van der Waals surface area contributed by atoms with Crippen molar-refractivity contribution < 1.29 is 14.5 Å². The Morgan fingerprint density at radius 3 is 2.26 bits per heavy atom. The van der Waals surface area contributed by atoms with Crippen molar-refractivity contribution in [2.24, 2.45) is 0 Å². The number of hydrogen-bond acceptors (Lipinski definition) is 4. The average molecular weight is 314 g/mol. The molecule has 23 heavy (non-hydrogen) atoms. The van der Waals surface area contributed by atoms with Gasteiger partial charge in [0.1, 0.15) is 12.6 Å². The zero-order chi connectivity index (χ0) is 16.7. The predicted octanol–water partition coefficient (Wildman–Crippen LogP) is 3.32. The molecule has 0 spiro atoms. The molecule has 0 saturated carbocycles.